The predicted molar refractivity (Wildman–Crippen MR) is 80.7 cm³/mol. The second-order valence-corrected chi connectivity index (χ2v) is 6.55. The van der Waals surface area contributed by atoms with Crippen LogP contribution in [0.4, 0.5) is 4.79 Å². The van der Waals surface area contributed by atoms with Crippen LogP contribution in [-0.2, 0) is 4.74 Å². The van der Waals surface area contributed by atoms with Crippen LogP contribution in [0.15, 0.2) is 0 Å². The fourth-order valence-corrected chi connectivity index (χ4v) is 3.30. The topological polar surface area (TPSA) is 41.6 Å². The lowest BCUT2D eigenvalue weighted by Crippen LogP contribution is -2.53. The van der Waals surface area contributed by atoms with E-state index >= 15 is 0 Å². The first-order valence-corrected chi connectivity index (χ1v) is 8.29. The van der Waals surface area contributed by atoms with Crippen LogP contribution in [-0.4, -0.2) is 42.8 Å². The minimum Gasteiger partial charge on any atom is -0.450 e. The zero-order valence-electron chi connectivity index (χ0n) is 13.2. The molecule has 1 saturated carbocycles. The van der Waals surface area contributed by atoms with E-state index in [1.54, 1.807) is 0 Å². The van der Waals surface area contributed by atoms with Gasteiger partial charge in [-0.1, -0.05) is 19.8 Å². The molecular weight excluding hydrogens is 252 g/mol. The molecule has 1 saturated heterocycles. The van der Waals surface area contributed by atoms with Crippen molar-refractivity contribution in [1.82, 2.24) is 10.2 Å². The lowest BCUT2D eigenvalue weighted by molar-refractivity contribution is 0.0881. The van der Waals surface area contributed by atoms with E-state index in [1.165, 1.54) is 32.2 Å². The summed E-state index contributed by atoms with van der Waals surface area (Å²) in [4.78, 5) is 14.2. The number of rotatable bonds is 6. The summed E-state index contributed by atoms with van der Waals surface area (Å²) in [6.45, 7) is 8.99. The molecule has 20 heavy (non-hydrogen) atoms. The Kier molecular flexibility index (Phi) is 5.70. The smallest absolute Gasteiger partial charge is 0.407 e. The summed E-state index contributed by atoms with van der Waals surface area (Å²) < 4.78 is 5.03. The molecule has 0 aromatic heterocycles. The van der Waals surface area contributed by atoms with Gasteiger partial charge in [0.15, 0.2) is 0 Å². The second-order valence-electron chi connectivity index (χ2n) is 6.55. The molecule has 3 unspecified atom stereocenters. The predicted octanol–water partition coefficient (Wildman–Crippen LogP) is 3.02. The Morgan fingerprint density at radius 3 is 2.65 bits per heavy atom. The van der Waals surface area contributed by atoms with Crippen LogP contribution in [0.3, 0.4) is 0 Å². The van der Waals surface area contributed by atoms with Crippen LogP contribution in [0.25, 0.3) is 0 Å². The molecule has 0 aromatic carbocycles. The number of likely N-dealkylation sites (tertiary alicyclic amines) is 1. The van der Waals surface area contributed by atoms with E-state index in [9.17, 15) is 4.79 Å². The van der Waals surface area contributed by atoms with Crippen molar-refractivity contribution in [2.24, 2.45) is 11.8 Å². The van der Waals surface area contributed by atoms with Gasteiger partial charge in [0.1, 0.15) is 0 Å². The molecule has 1 aliphatic carbocycles. The maximum absolute atomic E-state index is 11.6. The van der Waals surface area contributed by atoms with Crippen molar-refractivity contribution in [1.29, 1.82) is 0 Å². The Morgan fingerprint density at radius 1 is 1.30 bits per heavy atom. The van der Waals surface area contributed by atoms with Gasteiger partial charge in [0.05, 0.1) is 6.61 Å². The SMILES string of the molecule is CCOC(=O)NC1CC(CC2CC2)CN(C(C)CC)C1. The van der Waals surface area contributed by atoms with E-state index in [4.69, 9.17) is 4.74 Å². The third kappa shape index (κ3) is 4.65. The number of ether oxygens (including phenoxy) is 1. The Morgan fingerprint density at radius 2 is 2.05 bits per heavy atom. The molecule has 4 heteroatoms. The van der Waals surface area contributed by atoms with Crippen molar-refractivity contribution in [3.63, 3.8) is 0 Å². The summed E-state index contributed by atoms with van der Waals surface area (Å²) >= 11 is 0. The summed E-state index contributed by atoms with van der Waals surface area (Å²) in [6, 6.07) is 0.851. The van der Waals surface area contributed by atoms with Crippen molar-refractivity contribution < 1.29 is 9.53 Å². The molecule has 1 aliphatic heterocycles. The number of piperidine rings is 1. The molecule has 116 valence electrons. The van der Waals surface area contributed by atoms with Crippen molar-refractivity contribution in [3.05, 3.63) is 0 Å². The zero-order valence-corrected chi connectivity index (χ0v) is 13.2. The average molecular weight is 282 g/mol. The molecule has 0 radical (unpaired) electrons. The van der Waals surface area contributed by atoms with Gasteiger partial charge in [0, 0.05) is 25.2 Å². The molecular formula is C16H30N2O2. The second kappa shape index (κ2) is 7.30. The molecule has 3 atom stereocenters. The number of hydrogen-bond donors (Lipinski definition) is 1. The van der Waals surface area contributed by atoms with E-state index in [1.807, 2.05) is 6.92 Å². The Bertz CT molecular complexity index is 318. The molecule has 2 fully saturated rings. The van der Waals surface area contributed by atoms with Gasteiger partial charge < -0.3 is 10.1 Å². The number of carbonyl (C=O) groups excluding carboxylic acids is 1. The van der Waals surface area contributed by atoms with Crippen molar-refractivity contribution in [2.75, 3.05) is 19.7 Å². The third-order valence-electron chi connectivity index (χ3n) is 4.74. The van der Waals surface area contributed by atoms with E-state index in [0.717, 1.165) is 24.8 Å². The van der Waals surface area contributed by atoms with Gasteiger partial charge in [-0.2, -0.15) is 0 Å². The highest BCUT2D eigenvalue weighted by molar-refractivity contribution is 5.67. The van der Waals surface area contributed by atoms with Crippen LogP contribution < -0.4 is 5.32 Å². The van der Waals surface area contributed by atoms with Gasteiger partial charge in [0.2, 0.25) is 0 Å². The number of alkyl carbamates (subject to hydrolysis) is 1. The molecule has 2 aliphatic rings. The van der Waals surface area contributed by atoms with Gasteiger partial charge in [-0.05, 0) is 44.9 Å². The number of hydrogen-bond acceptors (Lipinski definition) is 3. The monoisotopic (exact) mass is 282 g/mol. The summed E-state index contributed by atoms with van der Waals surface area (Å²) in [5.41, 5.74) is 0. The van der Waals surface area contributed by atoms with Crippen molar-refractivity contribution in [3.8, 4) is 0 Å². The molecule has 2 rings (SSSR count). The van der Waals surface area contributed by atoms with Crippen molar-refractivity contribution in [2.45, 2.75) is 65.0 Å². The lowest BCUT2D eigenvalue weighted by atomic mass is 9.89. The highest BCUT2D eigenvalue weighted by Crippen LogP contribution is 2.38. The summed E-state index contributed by atoms with van der Waals surface area (Å²) in [7, 11) is 0. The van der Waals surface area contributed by atoms with Crippen LogP contribution in [0, 0.1) is 11.8 Å². The van der Waals surface area contributed by atoms with Gasteiger partial charge in [0.25, 0.3) is 0 Å². The first kappa shape index (κ1) is 15.6. The van der Waals surface area contributed by atoms with Crippen LogP contribution in [0.1, 0.15) is 52.9 Å². The van der Waals surface area contributed by atoms with Crippen molar-refractivity contribution >= 4 is 6.09 Å². The summed E-state index contributed by atoms with van der Waals surface area (Å²) in [5, 5.41) is 3.05. The summed E-state index contributed by atoms with van der Waals surface area (Å²) in [5.74, 6) is 1.69. The standard InChI is InChI=1S/C16H30N2O2/c1-4-12(3)18-10-14(8-13-6-7-13)9-15(11-18)17-16(19)20-5-2/h12-15H,4-11H2,1-3H3,(H,17,19). The van der Waals surface area contributed by atoms with E-state index in [0.29, 0.717) is 12.6 Å². The fourth-order valence-electron chi connectivity index (χ4n) is 3.30. The minimum absolute atomic E-state index is 0.251. The first-order chi connectivity index (χ1) is 9.62. The van der Waals surface area contributed by atoms with Gasteiger partial charge >= 0.3 is 6.09 Å². The maximum Gasteiger partial charge on any atom is 0.407 e. The van der Waals surface area contributed by atoms with E-state index < -0.39 is 0 Å². The summed E-state index contributed by atoms with van der Waals surface area (Å²) in [6.07, 6.45) is 6.19. The molecule has 1 amide bonds. The van der Waals surface area contributed by atoms with Crippen LogP contribution in [0.2, 0.25) is 0 Å². The first-order valence-electron chi connectivity index (χ1n) is 8.29. The number of amides is 1. The largest absolute Gasteiger partial charge is 0.450 e. The average Bonchev–Trinajstić information content (AvgIpc) is 3.21. The molecule has 1 heterocycles. The molecule has 0 aromatic rings. The Hall–Kier alpha value is -0.770. The third-order valence-corrected chi connectivity index (χ3v) is 4.74. The highest BCUT2D eigenvalue weighted by Gasteiger charge is 2.34. The maximum atomic E-state index is 11.6. The fraction of sp³-hybridized carbons (Fsp3) is 0.938. The Labute approximate surface area is 123 Å². The van der Waals surface area contributed by atoms with Crippen LogP contribution in [0.5, 0.6) is 0 Å². The molecule has 1 N–H and O–H groups in total. The van der Waals surface area contributed by atoms with Gasteiger partial charge in [-0.25, -0.2) is 4.79 Å². The van der Waals surface area contributed by atoms with Gasteiger partial charge in [-0.3, -0.25) is 4.90 Å². The zero-order chi connectivity index (χ0) is 14.5. The number of nitrogens with zero attached hydrogens (tertiary/aromatic N) is 1. The minimum atomic E-state index is -0.256. The molecule has 0 spiro atoms. The van der Waals surface area contributed by atoms with Gasteiger partial charge in [-0.15, -0.1) is 0 Å². The molecule has 4 nitrogen and oxygen atoms in total. The number of nitrogens with one attached hydrogen (secondary N) is 1. The highest BCUT2D eigenvalue weighted by atomic mass is 16.5. The van der Waals surface area contributed by atoms with E-state index in [-0.39, 0.29) is 12.1 Å². The van der Waals surface area contributed by atoms with E-state index in [2.05, 4.69) is 24.1 Å². The van der Waals surface area contributed by atoms with Crippen LogP contribution >= 0.6 is 0 Å². The lowest BCUT2D eigenvalue weighted by Gasteiger charge is -2.41. The number of carbonyl (C=O) groups is 1. The molecule has 0 bridgehead atoms. The normalized spacial score (nSPS) is 28.9. The quantitative estimate of drug-likeness (QED) is 0.814. The Balaban J connectivity index is 1.89.